The first-order chi connectivity index (χ1) is 17.5. The Bertz CT molecular complexity index is 1090. The molecule has 0 aliphatic carbocycles. The molecule has 1 aromatic carbocycles. The van der Waals surface area contributed by atoms with Crippen molar-refractivity contribution in [1.29, 1.82) is 0 Å². The van der Waals surface area contributed by atoms with Crippen molar-refractivity contribution in [3.05, 3.63) is 36.0 Å². The third-order valence-electron chi connectivity index (χ3n) is 6.84. The SMILES string of the molecule is CCC(C)C(NC(=O)C(Cc1c[nH]c2ccccc12)NC(=O)C(NC(=O)C(N)CS)C(C)CC)C(=O)O. The molecule has 0 aliphatic heterocycles. The van der Waals surface area contributed by atoms with Crippen LogP contribution in [0.4, 0.5) is 0 Å². The zero-order chi connectivity index (χ0) is 27.7. The second-order valence-corrected chi connectivity index (χ2v) is 9.86. The molecule has 0 bridgehead atoms. The highest BCUT2D eigenvalue weighted by Crippen LogP contribution is 2.20. The number of carbonyl (C=O) groups is 4. The van der Waals surface area contributed by atoms with Crippen molar-refractivity contribution in [2.75, 3.05) is 5.75 Å². The van der Waals surface area contributed by atoms with Gasteiger partial charge in [-0.15, -0.1) is 0 Å². The highest BCUT2D eigenvalue weighted by Gasteiger charge is 2.33. The van der Waals surface area contributed by atoms with Gasteiger partial charge >= 0.3 is 5.97 Å². The first-order valence-corrected chi connectivity index (χ1v) is 13.2. The summed E-state index contributed by atoms with van der Waals surface area (Å²) in [7, 11) is 0. The molecule has 10 nitrogen and oxygen atoms in total. The highest BCUT2D eigenvalue weighted by atomic mass is 32.1. The minimum absolute atomic E-state index is 0.110. The van der Waals surface area contributed by atoms with Crippen LogP contribution < -0.4 is 21.7 Å². The van der Waals surface area contributed by atoms with Crippen LogP contribution in [0.1, 0.15) is 46.1 Å². The summed E-state index contributed by atoms with van der Waals surface area (Å²) in [6.07, 6.45) is 3.01. The first kappa shape index (κ1) is 30.2. The number of para-hydroxylation sites is 1. The average molecular weight is 534 g/mol. The second-order valence-electron chi connectivity index (χ2n) is 9.50. The van der Waals surface area contributed by atoms with Crippen LogP contribution in [0.15, 0.2) is 30.5 Å². The maximum absolute atomic E-state index is 13.4. The smallest absolute Gasteiger partial charge is 0.326 e. The van der Waals surface area contributed by atoms with Gasteiger partial charge in [0.05, 0.1) is 6.04 Å². The Morgan fingerprint density at radius 1 is 0.946 bits per heavy atom. The molecular weight excluding hydrogens is 494 g/mol. The molecule has 6 unspecified atom stereocenters. The lowest BCUT2D eigenvalue weighted by Crippen LogP contribution is -2.59. The number of hydrogen-bond donors (Lipinski definition) is 7. The zero-order valence-corrected chi connectivity index (χ0v) is 22.7. The number of carboxylic acid groups (broad SMARTS) is 1. The van der Waals surface area contributed by atoms with E-state index in [1.54, 1.807) is 13.1 Å². The third kappa shape index (κ3) is 7.96. The number of thiol groups is 1. The summed E-state index contributed by atoms with van der Waals surface area (Å²) in [5, 5.41) is 18.6. The van der Waals surface area contributed by atoms with Gasteiger partial charge in [-0.1, -0.05) is 58.7 Å². The molecule has 204 valence electrons. The average Bonchev–Trinajstić information content (AvgIpc) is 3.30. The van der Waals surface area contributed by atoms with Gasteiger partial charge in [0.2, 0.25) is 17.7 Å². The van der Waals surface area contributed by atoms with E-state index in [1.807, 2.05) is 45.0 Å². The van der Waals surface area contributed by atoms with Crippen molar-refractivity contribution in [3.63, 3.8) is 0 Å². The van der Waals surface area contributed by atoms with Gasteiger partial charge in [-0.3, -0.25) is 14.4 Å². The van der Waals surface area contributed by atoms with Crippen molar-refractivity contribution in [1.82, 2.24) is 20.9 Å². The van der Waals surface area contributed by atoms with Crippen LogP contribution in [-0.4, -0.2) is 63.7 Å². The summed E-state index contributed by atoms with van der Waals surface area (Å²) in [5.41, 5.74) is 7.44. The monoisotopic (exact) mass is 533 g/mol. The second kappa shape index (κ2) is 14.0. The number of fused-ring (bicyclic) bond motifs is 1. The van der Waals surface area contributed by atoms with Crippen LogP contribution in [0.5, 0.6) is 0 Å². The van der Waals surface area contributed by atoms with Crippen molar-refractivity contribution in [2.24, 2.45) is 17.6 Å². The molecule has 3 amide bonds. The number of H-pyrrole nitrogens is 1. The van der Waals surface area contributed by atoms with Crippen molar-refractivity contribution < 1.29 is 24.3 Å². The van der Waals surface area contributed by atoms with Crippen LogP contribution in [0.2, 0.25) is 0 Å². The van der Waals surface area contributed by atoms with Crippen LogP contribution >= 0.6 is 12.6 Å². The van der Waals surface area contributed by atoms with Crippen molar-refractivity contribution in [2.45, 2.75) is 71.1 Å². The summed E-state index contributed by atoms with van der Waals surface area (Å²) in [6.45, 7) is 7.28. The lowest BCUT2D eigenvalue weighted by atomic mass is 9.96. The van der Waals surface area contributed by atoms with Gasteiger partial charge in [-0.25, -0.2) is 4.79 Å². The van der Waals surface area contributed by atoms with Crippen molar-refractivity contribution in [3.8, 4) is 0 Å². The number of hydrogen-bond acceptors (Lipinski definition) is 6. The number of carbonyl (C=O) groups excluding carboxylic acids is 3. The van der Waals surface area contributed by atoms with E-state index in [-0.39, 0.29) is 24.0 Å². The van der Waals surface area contributed by atoms with Crippen molar-refractivity contribution >= 4 is 47.2 Å². The van der Waals surface area contributed by atoms with E-state index in [2.05, 4.69) is 33.6 Å². The van der Waals surface area contributed by atoms with Gasteiger partial charge < -0.3 is 31.8 Å². The topological polar surface area (TPSA) is 166 Å². The molecular formula is C26H39N5O5S. The number of aliphatic carboxylic acids is 1. The molecule has 0 radical (unpaired) electrons. The highest BCUT2D eigenvalue weighted by molar-refractivity contribution is 7.80. The quantitative estimate of drug-likeness (QED) is 0.182. The van der Waals surface area contributed by atoms with Crippen LogP contribution in [0, 0.1) is 11.8 Å². The number of aromatic amines is 1. The normalized spacial score (nSPS) is 16.2. The van der Waals surface area contributed by atoms with Crippen LogP contribution in [0.25, 0.3) is 10.9 Å². The lowest BCUT2D eigenvalue weighted by Gasteiger charge is -2.28. The van der Waals surface area contributed by atoms with E-state index in [0.717, 1.165) is 16.5 Å². The number of nitrogens with one attached hydrogen (secondary N) is 4. The van der Waals surface area contributed by atoms with Gasteiger partial charge in [0.25, 0.3) is 0 Å². The Hall–Kier alpha value is -3.05. The van der Waals surface area contributed by atoms with Crippen LogP contribution in [-0.2, 0) is 25.6 Å². The summed E-state index contributed by atoms with van der Waals surface area (Å²) >= 11 is 4.05. The molecule has 37 heavy (non-hydrogen) atoms. The Labute approximate surface area is 222 Å². The molecule has 0 spiro atoms. The van der Waals surface area contributed by atoms with E-state index in [0.29, 0.717) is 12.8 Å². The third-order valence-corrected chi connectivity index (χ3v) is 7.23. The maximum atomic E-state index is 13.4. The molecule has 2 aromatic rings. The minimum Gasteiger partial charge on any atom is -0.480 e. The predicted octanol–water partition coefficient (Wildman–Crippen LogP) is 1.60. The van der Waals surface area contributed by atoms with E-state index in [4.69, 9.17) is 5.73 Å². The fraction of sp³-hybridized carbons (Fsp3) is 0.538. The molecule has 0 fully saturated rings. The molecule has 1 aromatic heterocycles. The van der Waals surface area contributed by atoms with E-state index in [9.17, 15) is 24.3 Å². The van der Waals surface area contributed by atoms with Gasteiger partial charge in [-0.2, -0.15) is 12.6 Å². The Balaban J connectivity index is 2.36. The zero-order valence-electron chi connectivity index (χ0n) is 21.8. The van der Waals surface area contributed by atoms with Gasteiger partial charge in [0, 0.05) is 29.3 Å². The van der Waals surface area contributed by atoms with E-state index >= 15 is 0 Å². The fourth-order valence-electron chi connectivity index (χ4n) is 3.97. The number of rotatable bonds is 14. The summed E-state index contributed by atoms with van der Waals surface area (Å²) in [5.74, 6) is -3.29. The van der Waals surface area contributed by atoms with Gasteiger partial charge in [-0.05, 0) is 23.5 Å². The molecule has 6 atom stereocenters. The standard InChI is InChI=1S/C26H39N5O5S/c1-5-14(3)21(30-23(32)18(27)13-37)25(34)29-20(24(33)31-22(26(35)36)15(4)6-2)11-16-12-28-19-10-8-7-9-17(16)19/h7-10,12,14-15,18,20-22,28,37H,5-6,11,13,27H2,1-4H3,(H,29,34)(H,30,32)(H,31,33)(H,35,36). The Morgan fingerprint density at radius 2 is 1.54 bits per heavy atom. The first-order valence-electron chi connectivity index (χ1n) is 12.6. The Morgan fingerprint density at radius 3 is 2.14 bits per heavy atom. The lowest BCUT2D eigenvalue weighted by molar-refractivity contribution is -0.143. The molecule has 0 aliphatic rings. The number of carboxylic acids is 1. The van der Waals surface area contributed by atoms with Gasteiger partial charge in [0.15, 0.2) is 0 Å². The van der Waals surface area contributed by atoms with Crippen LogP contribution in [0.3, 0.4) is 0 Å². The van der Waals surface area contributed by atoms with E-state index < -0.39 is 47.9 Å². The fourth-order valence-corrected chi connectivity index (χ4v) is 4.14. The number of aromatic nitrogens is 1. The molecule has 2 rings (SSSR count). The largest absolute Gasteiger partial charge is 0.480 e. The molecule has 11 heteroatoms. The minimum atomic E-state index is -1.15. The maximum Gasteiger partial charge on any atom is 0.326 e. The number of benzene rings is 1. The molecule has 0 saturated heterocycles. The predicted molar refractivity (Wildman–Crippen MR) is 146 cm³/mol. The molecule has 7 N–H and O–H groups in total. The summed E-state index contributed by atoms with van der Waals surface area (Å²) in [6, 6.07) is 3.53. The number of amides is 3. The molecule has 1 heterocycles. The summed E-state index contributed by atoms with van der Waals surface area (Å²) in [4.78, 5) is 54.3. The number of nitrogens with two attached hydrogens (primary N) is 1. The Kier molecular flexibility index (Phi) is 11.4. The van der Waals surface area contributed by atoms with E-state index in [1.165, 1.54) is 0 Å². The summed E-state index contributed by atoms with van der Waals surface area (Å²) < 4.78 is 0. The van der Waals surface area contributed by atoms with Gasteiger partial charge in [0.1, 0.15) is 18.1 Å². The molecule has 0 saturated carbocycles.